The second kappa shape index (κ2) is 7.07. The molecular weight excluding hydrogens is 338 g/mol. The van der Waals surface area contributed by atoms with Crippen molar-refractivity contribution in [2.24, 2.45) is 0 Å². The van der Waals surface area contributed by atoms with Crippen LogP contribution in [0.15, 0.2) is 42.6 Å². The molecule has 122 valence electrons. The van der Waals surface area contributed by atoms with E-state index in [1.54, 1.807) is 18.3 Å². The number of thioether (sulfide) groups is 1. The van der Waals surface area contributed by atoms with E-state index in [9.17, 15) is 15.3 Å². The molecule has 0 aliphatic carbocycles. The zero-order valence-electron chi connectivity index (χ0n) is 12.0. The average molecular weight is 354 g/mol. The third-order valence-electron chi connectivity index (χ3n) is 3.59. The van der Waals surface area contributed by atoms with E-state index in [1.807, 2.05) is 24.3 Å². The Kier molecular flexibility index (Phi) is 5.08. The predicted molar refractivity (Wildman–Crippen MR) is 89.6 cm³/mol. The van der Waals surface area contributed by atoms with Gasteiger partial charge in [0, 0.05) is 17.5 Å². The normalized spacial score (nSPS) is 27.7. The fourth-order valence-corrected chi connectivity index (χ4v) is 3.57. The molecule has 1 fully saturated rings. The summed E-state index contributed by atoms with van der Waals surface area (Å²) in [5.74, 6) is 0.676. The maximum atomic E-state index is 10.0. The first-order chi connectivity index (χ1) is 11.1. The van der Waals surface area contributed by atoms with E-state index in [0.29, 0.717) is 10.8 Å². The van der Waals surface area contributed by atoms with Gasteiger partial charge in [-0.3, -0.25) is 4.98 Å². The number of ether oxygens (including phenoxy) is 1. The Morgan fingerprint density at radius 2 is 1.96 bits per heavy atom. The van der Waals surface area contributed by atoms with Crippen LogP contribution in [0.25, 0.3) is 11.3 Å². The van der Waals surface area contributed by atoms with Crippen LogP contribution in [0.4, 0.5) is 0 Å². The summed E-state index contributed by atoms with van der Waals surface area (Å²) in [4.78, 5) is 4.28. The molecule has 2 heterocycles. The van der Waals surface area contributed by atoms with Gasteiger partial charge in [0.25, 0.3) is 0 Å². The summed E-state index contributed by atoms with van der Waals surface area (Å²) in [6.07, 6.45) is -1.70. The first kappa shape index (κ1) is 16.5. The number of halogens is 1. The fraction of sp³-hybridized carbons (Fsp3) is 0.312. The Balaban J connectivity index is 1.83. The minimum atomic E-state index is -1.24. The van der Waals surface area contributed by atoms with Gasteiger partial charge in [0.1, 0.15) is 18.0 Å². The quantitative estimate of drug-likeness (QED) is 0.782. The minimum Gasteiger partial charge on any atom is -0.475 e. The number of pyridine rings is 1. The Labute approximate surface area is 142 Å². The Bertz CT molecular complexity index is 672. The molecule has 2 aromatic rings. The Hall–Kier alpha value is -1.31. The second-order valence-corrected chi connectivity index (χ2v) is 6.77. The molecule has 1 aliphatic rings. The molecule has 0 radical (unpaired) electrons. The summed E-state index contributed by atoms with van der Waals surface area (Å²) in [6, 6.07) is 10.9. The standard InChI is InChI=1S/C16H16ClNO4S/c17-10-5-4-9(11-3-1-2-6-18-11)7-13(10)22-16-15(21)14(20)12(19)8-23-16/h1-7,12,14-16,19-21H,8H2/t12-,14+,15-,16-/m1/s1. The van der Waals surface area contributed by atoms with Crippen LogP contribution in [0.2, 0.25) is 5.02 Å². The van der Waals surface area contributed by atoms with Crippen molar-refractivity contribution in [3.63, 3.8) is 0 Å². The Morgan fingerprint density at radius 1 is 1.13 bits per heavy atom. The van der Waals surface area contributed by atoms with E-state index in [0.717, 1.165) is 11.3 Å². The largest absolute Gasteiger partial charge is 0.475 e. The summed E-state index contributed by atoms with van der Waals surface area (Å²) >= 11 is 7.40. The number of aliphatic hydroxyl groups excluding tert-OH is 3. The first-order valence-corrected chi connectivity index (χ1v) is 8.52. The van der Waals surface area contributed by atoms with Gasteiger partial charge in [0.05, 0.1) is 16.8 Å². The van der Waals surface area contributed by atoms with Crippen molar-refractivity contribution in [2.75, 3.05) is 5.75 Å². The molecule has 0 unspecified atom stereocenters. The van der Waals surface area contributed by atoms with Crippen LogP contribution in [0, 0.1) is 0 Å². The van der Waals surface area contributed by atoms with Crippen LogP contribution in [0.1, 0.15) is 0 Å². The molecule has 3 N–H and O–H groups in total. The third kappa shape index (κ3) is 3.62. The molecule has 5 nitrogen and oxygen atoms in total. The monoisotopic (exact) mass is 353 g/mol. The van der Waals surface area contributed by atoms with Gasteiger partial charge in [0.2, 0.25) is 0 Å². The summed E-state index contributed by atoms with van der Waals surface area (Å²) in [7, 11) is 0. The lowest BCUT2D eigenvalue weighted by Gasteiger charge is -2.34. The van der Waals surface area contributed by atoms with E-state index in [1.165, 1.54) is 11.8 Å². The molecule has 23 heavy (non-hydrogen) atoms. The van der Waals surface area contributed by atoms with E-state index in [2.05, 4.69) is 4.98 Å². The molecule has 1 saturated heterocycles. The SMILES string of the molecule is O[C@@H]1[C@@H](O)[C@H](Oc2cc(-c3ccccn3)ccc2Cl)SC[C@H]1O. The van der Waals surface area contributed by atoms with Gasteiger partial charge in [-0.15, -0.1) is 11.8 Å². The van der Waals surface area contributed by atoms with Crippen molar-refractivity contribution >= 4 is 23.4 Å². The van der Waals surface area contributed by atoms with Crippen molar-refractivity contribution in [3.05, 3.63) is 47.6 Å². The second-order valence-electron chi connectivity index (χ2n) is 5.23. The highest BCUT2D eigenvalue weighted by atomic mass is 35.5. The van der Waals surface area contributed by atoms with Gasteiger partial charge < -0.3 is 20.1 Å². The minimum absolute atomic E-state index is 0.278. The molecule has 0 spiro atoms. The molecule has 0 saturated carbocycles. The summed E-state index contributed by atoms with van der Waals surface area (Å²) in [6.45, 7) is 0. The van der Waals surface area contributed by atoms with Crippen LogP contribution in [-0.4, -0.2) is 49.8 Å². The number of rotatable bonds is 3. The van der Waals surface area contributed by atoms with Gasteiger partial charge in [-0.2, -0.15) is 0 Å². The highest BCUT2D eigenvalue weighted by Gasteiger charge is 2.38. The van der Waals surface area contributed by atoms with Gasteiger partial charge in [0.15, 0.2) is 5.44 Å². The van der Waals surface area contributed by atoms with E-state index >= 15 is 0 Å². The zero-order valence-corrected chi connectivity index (χ0v) is 13.6. The average Bonchev–Trinajstić information content (AvgIpc) is 2.58. The summed E-state index contributed by atoms with van der Waals surface area (Å²) in [5.41, 5.74) is 0.909. The van der Waals surface area contributed by atoms with Crippen molar-refractivity contribution in [1.29, 1.82) is 0 Å². The molecular formula is C16H16ClNO4S. The highest BCUT2D eigenvalue weighted by Crippen LogP contribution is 2.35. The number of nitrogens with zero attached hydrogens (tertiary/aromatic N) is 1. The van der Waals surface area contributed by atoms with Crippen LogP contribution >= 0.6 is 23.4 Å². The fourth-order valence-electron chi connectivity index (χ4n) is 2.29. The van der Waals surface area contributed by atoms with Crippen LogP contribution < -0.4 is 4.74 Å². The molecule has 0 bridgehead atoms. The number of hydrogen-bond acceptors (Lipinski definition) is 6. The molecule has 0 amide bonds. The van der Waals surface area contributed by atoms with Crippen molar-refractivity contribution < 1.29 is 20.1 Å². The van der Waals surface area contributed by atoms with Crippen molar-refractivity contribution in [1.82, 2.24) is 4.98 Å². The predicted octanol–water partition coefficient (Wildman–Crippen LogP) is 1.94. The van der Waals surface area contributed by atoms with Crippen LogP contribution in [0.5, 0.6) is 5.75 Å². The lowest BCUT2D eigenvalue weighted by molar-refractivity contribution is -0.0785. The van der Waals surface area contributed by atoms with Crippen molar-refractivity contribution in [3.8, 4) is 17.0 Å². The van der Waals surface area contributed by atoms with Crippen LogP contribution in [-0.2, 0) is 0 Å². The molecule has 1 aromatic heterocycles. The van der Waals surface area contributed by atoms with Gasteiger partial charge >= 0.3 is 0 Å². The molecule has 7 heteroatoms. The molecule has 1 aliphatic heterocycles. The molecule has 1 aromatic carbocycles. The van der Waals surface area contributed by atoms with Crippen molar-refractivity contribution in [2.45, 2.75) is 23.7 Å². The first-order valence-electron chi connectivity index (χ1n) is 7.09. The van der Waals surface area contributed by atoms with E-state index in [4.69, 9.17) is 16.3 Å². The van der Waals surface area contributed by atoms with Crippen LogP contribution in [0.3, 0.4) is 0 Å². The maximum Gasteiger partial charge on any atom is 0.173 e. The molecule has 4 atom stereocenters. The van der Waals surface area contributed by atoms with E-state index in [-0.39, 0.29) is 5.75 Å². The molecule has 3 rings (SSSR count). The number of hydrogen-bond donors (Lipinski definition) is 3. The summed E-state index contributed by atoms with van der Waals surface area (Å²) < 4.78 is 5.76. The third-order valence-corrected chi connectivity index (χ3v) is 5.14. The highest BCUT2D eigenvalue weighted by molar-refractivity contribution is 7.99. The number of benzene rings is 1. The van der Waals surface area contributed by atoms with Gasteiger partial charge in [-0.25, -0.2) is 0 Å². The zero-order chi connectivity index (χ0) is 16.4. The smallest absolute Gasteiger partial charge is 0.173 e. The lowest BCUT2D eigenvalue weighted by atomic mass is 10.1. The number of aromatic nitrogens is 1. The van der Waals surface area contributed by atoms with Gasteiger partial charge in [-0.05, 0) is 24.3 Å². The topological polar surface area (TPSA) is 82.8 Å². The van der Waals surface area contributed by atoms with E-state index < -0.39 is 23.7 Å². The maximum absolute atomic E-state index is 10.0. The lowest BCUT2D eigenvalue weighted by Crippen LogP contribution is -2.50. The summed E-state index contributed by atoms with van der Waals surface area (Å²) in [5, 5.41) is 29.8. The Morgan fingerprint density at radius 3 is 2.70 bits per heavy atom. The number of aliphatic hydroxyl groups is 3. The van der Waals surface area contributed by atoms with Gasteiger partial charge in [-0.1, -0.05) is 23.7 Å².